The summed E-state index contributed by atoms with van der Waals surface area (Å²) in [6, 6.07) is 7.54. The topological polar surface area (TPSA) is 65.0 Å². The predicted octanol–water partition coefficient (Wildman–Crippen LogP) is 3.71. The van der Waals surface area contributed by atoms with Crippen LogP contribution in [0, 0.1) is 0 Å². The van der Waals surface area contributed by atoms with Crippen molar-refractivity contribution in [2.24, 2.45) is 0 Å². The lowest BCUT2D eigenvalue weighted by Crippen LogP contribution is -2.06. The van der Waals surface area contributed by atoms with Crippen LogP contribution in [0.5, 0.6) is 17.2 Å². The minimum atomic E-state index is -4.53. The van der Waals surface area contributed by atoms with Crippen molar-refractivity contribution in [3.63, 3.8) is 0 Å². The maximum atomic E-state index is 12.8. The van der Waals surface area contributed by atoms with Crippen molar-refractivity contribution in [3.05, 3.63) is 53.1 Å². The number of hydrogen-bond acceptors (Lipinski definition) is 5. The summed E-state index contributed by atoms with van der Waals surface area (Å²) >= 11 is 0. The van der Waals surface area contributed by atoms with E-state index >= 15 is 0 Å². The number of halogens is 3. The molecule has 5 nitrogen and oxygen atoms in total. The molecule has 0 fully saturated rings. The maximum absolute atomic E-state index is 12.8. The van der Waals surface area contributed by atoms with Crippen molar-refractivity contribution >= 4 is 5.97 Å². The second kappa shape index (κ2) is 8.09. The molecule has 0 aliphatic rings. The second-order valence-corrected chi connectivity index (χ2v) is 5.32. The summed E-state index contributed by atoms with van der Waals surface area (Å²) in [5, 5.41) is 9.38. The first-order valence-electron chi connectivity index (χ1n) is 7.51. The van der Waals surface area contributed by atoms with Crippen LogP contribution in [0.3, 0.4) is 0 Å². The van der Waals surface area contributed by atoms with Gasteiger partial charge in [-0.25, -0.2) is 0 Å². The van der Waals surface area contributed by atoms with Gasteiger partial charge in [0.2, 0.25) is 0 Å². The Kier molecular flexibility index (Phi) is 6.10. The van der Waals surface area contributed by atoms with Gasteiger partial charge in [0.15, 0.2) is 11.5 Å². The van der Waals surface area contributed by atoms with Crippen molar-refractivity contribution < 1.29 is 37.3 Å². The highest BCUT2D eigenvalue weighted by molar-refractivity contribution is 5.72. The summed E-state index contributed by atoms with van der Waals surface area (Å²) in [7, 11) is 2.67. The molecule has 2 rings (SSSR count). The van der Waals surface area contributed by atoms with E-state index in [0.29, 0.717) is 11.3 Å². The van der Waals surface area contributed by atoms with Gasteiger partial charge in [-0.15, -0.1) is 0 Å². The fraction of sp³-hybridized carbons (Fsp3) is 0.278. The largest absolute Gasteiger partial charge is 0.493 e. The molecule has 0 atom stereocenters. The Bertz CT molecular complexity index is 787. The molecule has 0 aliphatic heterocycles. The van der Waals surface area contributed by atoms with Gasteiger partial charge in [0.1, 0.15) is 5.75 Å². The van der Waals surface area contributed by atoms with Gasteiger partial charge in [0.25, 0.3) is 0 Å². The zero-order valence-electron chi connectivity index (χ0n) is 14.1. The maximum Gasteiger partial charge on any atom is 0.416 e. The Hall–Kier alpha value is -2.74. The van der Waals surface area contributed by atoms with E-state index in [2.05, 4.69) is 4.74 Å². The van der Waals surface area contributed by atoms with E-state index in [1.54, 1.807) is 12.1 Å². The highest BCUT2D eigenvalue weighted by atomic mass is 19.4. The highest BCUT2D eigenvalue weighted by Crippen LogP contribution is 2.37. The first-order valence-corrected chi connectivity index (χ1v) is 7.51. The first kappa shape index (κ1) is 19.6. The second-order valence-electron chi connectivity index (χ2n) is 5.32. The number of carbonyl (C=O) groups excluding carboxylic acids is 1. The van der Waals surface area contributed by atoms with E-state index in [4.69, 9.17) is 9.47 Å². The zero-order chi connectivity index (χ0) is 19.3. The minimum absolute atomic E-state index is 0.00325. The number of ether oxygens (including phenoxy) is 3. The molecule has 0 bridgehead atoms. The molecule has 0 saturated heterocycles. The van der Waals surface area contributed by atoms with Crippen LogP contribution >= 0.6 is 0 Å². The van der Waals surface area contributed by atoms with Crippen LogP contribution in [0.4, 0.5) is 13.2 Å². The summed E-state index contributed by atoms with van der Waals surface area (Å²) in [5.74, 6) is 0.117. The third kappa shape index (κ3) is 4.66. The van der Waals surface area contributed by atoms with Crippen molar-refractivity contribution in [2.75, 3.05) is 14.2 Å². The molecule has 0 radical (unpaired) electrons. The molecular weight excluding hydrogens is 353 g/mol. The molecule has 0 unspecified atom stereocenters. The zero-order valence-corrected chi connectivity index (χ0v) is 14.1. The molecule has 0 aliphatic carbocycles. The van der Waals surface area contributed by atoms with Gasteiger partial charge in [-0.05, 0) is 35.9 Å². The van der Waals surface area contributed by atoms with E-state index in [9.17, 15) is 23.1 Å². The van der Waals surface area contributed by atoms with Crippen LogP contribution in [0.15, 0.2) is 36.4 Å². The normalized spacial score (nSPS) is 11.2. The SMILES string of the molecule is COC(=O)Cc1ccc(OC)c(Oc2ccc(C(F)(F)F)cc2CO)c1. The Labute approximate surface area is 147 Å². The number of methoxy groups -OCH3 is 2. The molecule has 26 heavy (non-hydrogen) atoms. The smallest absolute Gasteiger partial charge is 0.416 e. The van der Waals surface area contributed by atoms with Crippen LogP contribution < -0.4 is 9.47 Å². The van der Waals surface area contributed by atoms with Gasteiger partial charge in [0.05, 0.1) is 32.8 Å². The van der Waals surface area contributed by atoms with Crippen LogP contribution in [-0.2, 0) is 28.7 Å². The molecule has 2 aromatic carbocycles. The quantitative estimate of drug-likeness (QED) is 0.786. The standard InChI is InChI=1S/C18H17F3O5/c1-24-15-5-3-11(8-17(23)25-2)7-16(15)26-14-6-4-13(18(19,20)21)9-12(14)10-22/h3-7,9,22H,8,10H2,1-2H3. The number of aliphatic hydroxyl groups excluding tert-OH is 1. The third-order valence-electron chi connectivity index (χ3n) is 3.58. The van der Waals surface area contributed by atoms with Gasteiger partial charge in [0, 0.05) is 5.56 Å². The van der Waals surface area contributed by atoms with Gasteiger partial charge < -0.3 is 19.3 Å². The fourth-order valence-electron chi connectivity index (χ4n) is 2.25. The number of esters is 1. The van der Waals surface area contributed by atoms with E-state index in [1.807, 2.05) is 0 Å². The summed E-state index contributed by atoms with van der Waals surface area (Å²) in [4.78, 5) is 11.4. The van der Waals surface area contributed by atoms with Crippen molar-refractivity contribution in [2.45, 2.75) is 19.2 Å². The number of hydrogen-bond donors (Lipinski definition) is 1. The Balaban J connectivity index is 2.37. The Morgan fingerprint density at radius 2 is 1.73 bits per heavy atom. The average molecular weight is 370 g/mol. The van der Waals surface area contributed by atoms with Crippen LogP contribution in [-0.4, -0.2) is 25.3 Å². The Morgan fingerprint density at radius 1 is 1.04 bits per heavy atom. The van der Waals surface area contributed by atoms with E-state index < -0.39 is 24.3 Å². The highest BCUT2D eigenvalue weighted by Gasteiger charge is 2.31. The molecule has 0 amide bonds. The van der Waals surface area contributed by atoms with E-state index in [-0.39, 0.29) is 23.5 Å². The van der Waals surface area contributed by atoms with Gasteiger partial charge in [-0.1, -0.05) is 6.07 Å². The lowest BCUT2D eigenvalue weighted by Gasteiger charge is -2.15. The molecule has 140 valence electrons. The third-order valence-corrected chi connectivity index (χ3v) is 3.58. The first-order chi connectivity index (χ1) is 12.3. The summed E-state index contributed by atoms with van der Waals surface area (Å²) in [6.07, 6.45) is -4.53. The molecule has 2 aromatic rings. The summed E-state index contributed by atoms with van der Waals surface area (Å²) in [5.41, 5.74) is -0.342. The molecule has 0 saturated carbocycles. The molecular formula is C18H17F3O5. The predicted molar refractivity (Wildman–Crippen MR) is 86.2 cm³/mol. The average Bonchev–Trinajstić information content (AvgIpc) is 2.61. The lowest BCUT2D eigenvalue weighted by molar-refractivity contribution is -0.140. The number of carbonyl (C=O) groups is 1. The lowest BCUT2D eigenvalue weighted by atomic mass is 10.1. The number of benzene rings is 2. The molecule has 1 N–H and O–H groups in total. The van der Waals surface area contributed by atoms with Crippen LogP contribution in [0.2, 0.25) is 0 Å². The van der Waals surface area contributed by atoms with Crippen molar-refractivity contribution in [1.82, 2.24) is 0 Å². The molecule has 8 heteroatoms. The fourth-order valence-corrected chi connectivity index (χ4v) is 2.25. The number of rotatable bonds is 6. The summed E-state index contributed by atoms with van der Waals surface area (Å²) in [6.45, 7) is -0.635. The van der Waals surface area contributed by atoms with Crippen LogP contribution in [0.1, 0.15) is 16.7 Å². The summed E-state index contributed by atoms with van der Waals surface area (Å²) < 4.78 is 53.8. The van der Waals surface area contributed by atoms with Gasteiger partial charge in [-0.2, -0.15) is 13.2 Å². The van der Waals surface area contributed by atoms with Gasteiger partial charge in [-0.3, -0.25) is 4.79 Å². The van der Waals surface area contributed by atoms with Crippen molar-refractivity contribution in [1.29, 1.82) is 0 Å². The number of aliphatic hydroxyl groups is 1. The molecule has 0 aromatic heterocycles. The molecule has 0 heterocycles. The Morgan fingerprint density at radius 3 is 2.31 bits per heavy atom. The van der Waals surface area contributed by atoms with E-state index in [1.165, 1.54) is 20.3 Å². The van der Waals surface area contributed by atoms with Crippen LogP contribution in [0.25, 0.3) is 0 Å². The minimum Gasteiger partial charge on any atom is -0.493 e. The monoisotopic (exact) mass is 370 g/mol. The van der Waals surface area contributed by atoms with Crippen molar-refractivity contribution in [3.8, 4) is 17.2 Å². The molecule has 0 spiro atoms. The van der Waals surface area contributed by atoms with Gasteiger partial charge >= 0.3 is 12.1 Å². The number of alkyl halides is 3. The van der Waals surface area contributed by atoms with E-state index in [0.717, 1.165) is 18.2 Å².